The summed E-state index contributed by atoms with van der Waals surface area (Å²) in [5.41, 5.74) is 1.96. The number of methoxy groups -OCH3 is 2. The van der Waals surface area contributed by atoms with E-state index in [1.807, 2.05) is 61.5 Å². The number of benzene rings is 3. The first kappa shape index (κ1) is 24.5. The third kappa shape index (κ3) is 5.35. The lowest BCUT2D eigenvalue weighted by Crippen LogP contribution is -2.22. The molecular formula is C27H25N3O6. The topological polar surface area (TPSA) is 109 Å². The molecule has 0 saturated carbocycles. The Morgan fingerprint density at radius 3 is 2.14 bits per heavy atom. The number of hydrogen-bond acceptors (Lipinski definition) is 7. The highest BCUT2D eigenvalue weighted by molar-refractivity contribution is 5.99. The van der Waals surface area contributed by atoms with Gasteiger partial charge in [-0.25, -0.2) is 14.6 Å². The molecule has 0 aliphatic rings. The van der Waals surface area contributed by atoms with Crippen LogP contribution in [-0.2, 0) is 20.8 Å². The van der Waals surface area contributed by atoms with Crippen molar-refractivity contribution >= 4 is 34.6 Å². The quantitative estimate of drug-likeness (QED) is 0.367. The van der Waals surface area contributed by atoms with Crippen molar-refractivity contribution in [3.8, 4) is 5.75 Å². The van der Waals surface area contributed by atoms with E-state index in [4.69, 9.17) is 19.2 Å². The van der Waals surface area contributed by atoms with Crippen LogP contribution in [0, 0.1) is 0 Å². The Labute approximate surface area is 207 Å². The Morgan fingerprint density at radius 2 is 1.50 bits per heavy atom. The van der Waals surface area contributed by atoms with Gasteiger partial charge in [0.25, 0.3) is 0 Å². The van der Waals surface area contributed by atoms with Gasteiger partial charge in [0.2, 0.25) is 5.91 Å². The lowest BCUT2D eigenvalue weighted by Gasteiger charge is -2.17. The number of nitrogens with zero attached hydrogens (tertiary/aromatic N) is 2. The van der Waals surface area contributed by atoms with Crippen LogP contribution in [-0.4, -0.2) is 41.6 Å². The summed E-state index contributed by atoms with van der Waals surface area (Å²) in [6, 6.07) is 21.1. The second-order valence-corrected chi connectivity index (χ2v) is 7.95. The van der Waals surface area contributed by atoms with Crippen molar-refractivity contribution in [1.29, 1.82) is 0 Å². The van der Waals surface area contributed by atoms with Crippen LogP contribution in [0.1, 0.15) is 39.6 Å². The van der Waals surface area contributed by atoms with Crippen molar-refractivity contribution < 1.29 is 28.6 Å². The molecule has 1 N–H and O–H groups in total. The van der Waals surface area contributed by atoms with E-state index in [9.17, 15) is 14.4 Å². The van der Waals surface area contributed by atoms with Gasteiger partial charge in [-0.2, -0.15) is 0 Å². The molecule has 9 nitrogen and oxygen atoms in total. The van der Waals surface area contributed by atoms with Gasteiger partial charge in [-0.15, -0.1) is 0 Å². The van der Waals surface area contributed by atoms with Gasteiger partial charge in [0.05, 0.1) is 36.4 Å². The van der Waals surface area contributed by atoms with E-state index in [0.29, 0.717) is 11.6 Å². The maximum Gasteiger partial charge on any atom is 0.337 e. The smallest absolute Gasteiger partial charge is 0.337 e. The first-order valence-corrected chi connectivity index (χ1v) is 11.2. The third-order valence-electron chi connectivity index (χ3n) is 5.46. The highest BCUT2D eigenvalue weighted by Gasteiger charge is 2.21. The van der Waals surface area contributed by atoms with E-state index < -0.39 is 18.0 Å². The van der Waals surface area contributed by atoms with Crippen LogP contribution in [0.2, 0.25) is 0 Å². The molecule has 1 unspecified atom stereocenters. The minimum absolute atomic E-state index is 0.0751. The summed E-state index contributed by atoms with van der Waals surface area (Å²) >= 11 is 0. The van der Waals surface area contributed by atoms with Gasteiger partial charge in [-0.05, 0) is 49.4 Å². The Bertz CT molecular complexity index is 1380. The average Bonchev–Trinajstić information content (AvgIpc) is 3.26. The first-order chi connectivity index (χ1) is 17.4. The van der Waals surface area contributed by atoms with E-state index in [1.165, 1.54) is 32.4 Å². The van der Waals surface area contributed by atoms with Crippen LogP contribution >= 0.6 is 0 Å². The van der Waals surface area contributed by atoms with Crippen LogP contribution in [0.5, 0.6) is 5.75 Å². The molecule has 4 aromatic rings. The zero-order chi connectivity index (χ0) is 25.7. The molecule has 1 aromatic heterocycles. The summed E-state index contributed by atoms with van der Waals surface area (Å²) < 4.78 is 17.4. The Hall–Kier alpha value is -4.66. The molecule has 3 aromatic carbocycles. The predicted octanol–water partition coefficient (Wildman–Crippen LogP) is 4.39. The molecule has 0 saturated heterocycles. The fourth-order valence-electron chi connectivity index (χ4n) is 3.84. The fourth-order valence-corrected chi connectivity index (χ4v) is 3.84. The molecule has 1 atom stereocenters. The molecule has 4 rings (SSSR count). The largest absolute Gasteiger partial charge is 0.483 e. The molecule has 0 aliphatic carbocycles. The number of ether oxygens (including phenoxy) is 3. The maximum atomic E-state index is 13.1. The van der Waals surface area contributed by atoms with Crippen molar-refractivity contribution in [2.24, 2.45) is 0 Å². The number of fused-ring (bicyclic) bond motifs is 1. The summed E-state index contributed by atoms with van der Waals surface area (Å²) in [6.45, 7) is 1.79. The number of imidazole rings is 1. The van der Waals surface area contributed by atoms with Crippen molar-refractivity contribution in [2.45, 2.75) is 19.6 Å². The number of amides is 1. The number of aromatic nitrogens is 2. The Balaban J connectivity index is 1.63. The highest BCUT2D eigenvalue weighted by Crippen LogP contribution is 2.25. The first-order valence-electron chi connectivity index (χ1n) is 11.2. The second kappa shape index (κ2) is 10.7. The van der Waals surface area contributed by atoms with Crippen LogP contribution in [0.4, 0.5) is 5.69 Å². The molecule has 0 aliphatic heterocycles. The summed E-state index contributed by atoms with van der Waals surface area (Å²) in [5, 5.41) is 2.76. The fraction of sp³-hybridized carbons (Fsp3) is 0.185. The van der Waals surface area contributed by atoms with Crippen molar-refractivity contribution in [3.63, 3.8) is 0 Å². The molecular weight excluding hydrogens is 462 g/mol. The summed E-state index contributed by atoms with van der Waals surface area (Å²) in [5.74, 6) is -0.419. The molecule has 1 amide bonds. The summed E-state index contributed by atoms with van der Waals surface area (Å²) in [4.78, 5) is 42.0. The number of nitrogens with one attached hydrogen (secondary N) is 1. The maximum absolute atomic E-state index is 13.1. The van der Waals surface area contributed by atoms with E-state index in [-0.39, 0.29) is 29.3 Å². The summed E-state index contributed by atoms with van der Waals surface area (Å²) in [6.07, 6.45) is -0.443. The van der Waals surface area contributed by atoms with Crippen molar-refractivity contribution in [2.75, 3.05) is 19.5 Å². The molecule has 0 spiro atoms. The van der Waals surface area contributed by atoms with Crippen LogP contribution in [0.15, 0.2) is 72.8 Å². The van der Waals surface area contributed by atoms with Gasteiger partial charge >= 0.3 is 11.9 Å². The van der Waals surface area contributed by atoms with E-state index in [2.05, 4.69) is 5.32 Å². The number of rotatable bonds is 8. The number of para-hydroxylation sites is 3. The Kier molecular flexibility index (Phi) is 7.29. The predicted molar refractivity (Wildman–Crippen MR) is 133 cm³/mol. The van der Waals surface area contributed by atoms with E-state index in [1.54, 1.807) is 4.57 Å². The highest BCUT2D eigenvalue weighted by atomic mass is 16.5. The number of esters is 2. The monoisotopic (exact) mass is 487 g/mol. The average molecular weight is 488 g/mol. The number of anilines is 1. The standard InChI is InChI=1S/C27H25N3O6/c1-17(36-21-9-5-4-6-10-21)25-29-22-11-7-8-12-23(22)30(25)16-24(31)28-20-14-18(26(32)34-2)13-19(15-20)27(33)35-3/h4-15,17H,16H2,1-3H3,(H,28,31). The van der Waals surface area contributed by atoms with Crippen LogP contribution in [0.25, 0.3) is 11.0 Å². The van der Waals surface area contributed by atoms with Crippen LogP contribution < -0.4 is 10.1 Å². The van der Waals surface area contributed by atoms with Gasteiger partial charge in [-0.3, -0.25) is 4.79 Å². The SMILES string of the molecule is COC(=O)c1cc(NC(=O)Cn2c(C(C)Oc3ccccc3)nc3ccccc32)cc(C(=O)OC)c1. The lowest BCUT2D eigenvalue weighted by atomic mass is 10.1. The second-order valence-electron chi connectivity index (χ2n) is 7.95. The van der Waals surface area contributed by atoms with Gasteiger partial charge < -0.3 is 24.1 Å². The molecule has 184 valence electrons. The molecule has 9 heteroatoms. The lowest BCUT2D eigenvalue weighted by molar-refractivity contribution is -0.116. The minimum Gasteiger partial charge on any atom is -0.483 e. The number of carbonyl (C=O) groups excluding carboxylic acids is 3. The van der Waals surface area contributed by atoms with Crippen molar-refractivity contribution in [3.05, 3.63) is 89.7 Å². The molecule has 0 fully saturated rings. The van der Waals surface area contributed by atoms with Crippen molar-refractivity contribution in [1.82, 2.24) is 9.55 Å². The number of carbonyl (C=O) groups is 3. The molecule has 0 bridgehead atoms. The van der Waals surface area contributed by atoms with Gasteiger partial charge in [0.1, 0.15) is 12.3 Å². The van der Waals surface area contributed by atoms with Gasteiger partial charge in [0, 0.05) is 5.69 Å². The van der Waals surface area contributed by atoms with Crippen LogP contribution in [0.3, 0.4) is 0 Å². The zero-order valence-corrected chi connectivity index (χ0v) is 20.1. The van der Waals surface area contributed by atoms with E-state index >= 15 is 0 Å². The number of hydrogen-bond donors (Lipinski definition) is 1. The summed E-state index contributed by atoms with van der Waals surface area (Å²) in [7, 11) is 2.46. The zero-order valence-electron chi connectivity index (χ0n) is 20.1. The van der Waals surface area contributed by atoms with Gasteiger partial charge in [0.15, 0.2) is 11.9 Å². The Morgan fingerprint density at radius 1 is 0.889 bits per heavy atom. The van der Waals surface area contributed by atoms with E-state index in [0.717, 1.165) is 11.0 Å². The third-order valence-corrected chi connectivity index (χ3v) is 5.46. The molecule has 1 heterocycles. The molecule has 36 heavy (non-hydrogen) atoms. The molecule has 0 radical (unpaired) electrons. The normalized spacial score (nSPS) is 11.5. The minimum atomic E-state index is -0.647. The van der Waals surface area contributed by atoms with Gasteiger partial charge in [-0.1, -0.05) is 30.3 Å².